The van der Waals surface area contributed by atoms with E-state index < -0.39 is 17.5 Å². The van der Waals surface area contributed by atoms with Crippen LogP contribution in [0.4, 0.5) is 10.8 Å². The first-order valence-corrected chi connectivity index (χ1v) is 9.07. The molecular weight excluding hydrogens is 378 g/mol. The van der Waals surface area contributed by atoms with E-state index in [4.69, 9.17) is 21.2 Å². The highest BCUT2D eigenvalue weighted by Gasteiger charge is 2.28. The minimum absolute atomic E-state index is 0.127. The quantitative estimate of drug-likeness (QED) is 0.239. The summed E-state index contributed by atoms with van der Waals surface area (Å²) in [6.45, 7) is 5.37. The van der Waals surface area contributed by atoms with E-state index in [1.807, 2.05) is 0 Å². The van der Waals surface area contributed by atoms with E-state index in [9.17, 15) is 9.59 Å². The Morgan fingerprint density at radius 2 is 1.92 bits per heavy atom. The Morgan fingerprint density at radius 3 is 2.54 bits per heavy atom. The van der Waals surface area contributed by atoms with Crippen LogP contribution in [0.5, 0.6) is 0 Å². The third-order valence-corrected chi connectivity index (χ3v) is 4.39. The first-order valence-electron chi connectivity index (χ1n) is 7.88. The lowest BCUT2D eigenvalue weighted by Gasteiger charge is -2.04. The van der Waals surface area contributed by atoms with E-state index in [0.29, 0.717) is 15.8 Å². The largest absolute Gasteiger partial charge is 0.461 e. The Morgan fingerprint density at radius 1 is 1.23 bits per heavy atom. The number of esters is 1. The molecule has 138 valence electrons. The van der Waals surface area contributed by atoms with E-state index in [-0.39, 0.29) is 18.1 Å². The summed E-state index contributed by atoms with van der Waals surface area (Å²) in [4.78, 5) is 34.2. The second-order valence-corrected chi connectivity index (χ2v) is 6.41. The number of ketones is 1. The molecule has 1 heterocycles. The Labute approximate surface area is 160 Å². The SMILES string of the molecule is CCO/N=C(\C(=O)OCC)C(=O)c1sc(Nc2ccc(Cl)cc2)nc1C. The van der Waals surface area contributed by atoms with Gasteiger partial charge in [0.15, 0.2) is 5.13 Å². The van der Waals surface area contributed by atoms with Crippen LogP contribution in [0, 0.1) is 6.92 Å². The maximum Gasteiger partial charge on any atom is 0.364 e. The first-order chi connectivity index (χ1) is 12.5. The summed E-state index contributed by atoms with van der Waals surface area (Å²) in [6.07, 6.45) is 0. The van der Waals surface area contributed by atoms with Gasteiger partial charge >= 0.3 is 5.97 Å². The molecule has 1 aromatic carbocycles. The highest BCUT2D eigenvalue weighted by molar-refractivity contribution is 7.18. The van der Waals surface area contributed by atoms with Crippen molar-refractivity contribution in [2.75, 3.05) is 18.5 Å². The van der Waals surface area contributed by atoms with Crippen molar-refractivity contribution in [2.45, 2.75) is 20.8 Å². The molecule has 2 rings (SSSR count). The summed E-state index contributed by atoms with van der Waals surface area (Å²) in [5.41, 5.74) is 0.846. The van der Waals surface area contributed by atoms with Gasteiger partial charge in [0.25, 0.3) is 0 Å². The third-order valence-electron chi connectivity index (χ3n) is 3.07. The molecule has 0 unspecified atom stereocenters. The van der Waals surface area contributed by atoms with Crippen molar-refractivity contribution in [3.63, 3.8) is 0 Å². The van der Waals surface area contributed by atoms with Gasteiger partial charge in [0, 0.05) is 10.7 Å². The molecule has 7 nitrogen and oxygen atoms in total. The second kappa shape index (κ2) is 9.30. The number of ether oxygens (including phenoxy) is 1. The number of anilines is 2. The topological polar surface area (TPSA) is 89.9 Å². The fraction of sp³-hybridized carbons (Fsp3) is 0.294. The Balaban J connectivity index is 2.25. The van der Waals surface area contributed by atoms with Crippen molar-refractivity contribution in [1.82, 2.24) is 4.98 Å². The van der Waals surface area contributed by atoms with Crippen molar-refractivity contribution < 1.29 is 19.2 Å². The molecule has 0 spiro atoms. The van der Waals surface area contributed by atoms with Crippen LogP contribution >= 0.6 is 22.9 Å². The van der Waals surface area contributed by atoms with Gasteiger partial charge in [-0.2, -0.15) is 0 Å². The number of nitrogens with one attached hydrogen (secondary N) is 1. The molecule has 0 saturated carbocycles. The smallest absolute Gasteiger partial charge is 0.364 e. The molecule has 9 heteroatoms. The molecule has 0 aliphatic rings. The number of thiazole rings is 1. The highest BCUT2D eigenvalue weighted by Crippen LogP contribution is 2.27. The molecular formula is C17H18ClN3O4S. The Hall–Kier alpha value is -2.45. The molecule has 26 heavy (non-hydrogen) atoms. The van der Waals surface area contributed by atoms with Gasteiger partial charge in [0.05, 0.1) is 12.3 Å². The van der Waals surface area contributed by atoms with Crippen LogP contribution in [-0.4, -0.2) is 35.7 Å². The van der Waals surface area contributed by atoms with Crippen molar-refractivity contribution in [3.8, 4) is 0 Å². The average Bonchev–Trinajstić information content (AvgIpc) is 2.97. The fourth-order valence-corrected chi connectivity index (χ4v) is 2.98. The molecule has 0 aliphatic carbocycles. The number of rotatable bonds is 8. The Kier molecular flexibility index (Phi) is 7.11. The number of halogens is 1. The van der Waals surface area contributed by atoms with Crippen molar-refractivity contribution in [2.24, 2.45) is 5.16 Å². The van der Waals surface area contributed by atoms with Gasteiger partial charge in [-0.05, 0) is 45.0 Å². The summed E-state index contributed by atoms with van der Waals surface area (Å²) < 4.78 is 4.88. The normalized spacial score (nSPS) is 11.2. The molecule has 0 radical (unpaired) electrons. The predicted octanol–water partition coefficient (Wildman–Crippen LogP) is 3.99. The van der Waals surface area contributed by atoms with E-state index in [2.05, 4.69) is 15.5 Å². The zero-order valence-corrected chi connectivity index (χ0v) is 16.1. The summed E-state index contributed by atoms with van der Waals surface area (Å²) in [5, 5.41) is 7.84. The second-order valence-electron chi connectivity index (χ2n) is 4.97. The monoisotopic (exact) mass is 395 g/mol. The number of hydrogen-bond acceptors (Lipinski definition) is 8. The fourth-order valence-electron chi connectivity index (χ4n) is 1.92. The standard InChI is InChI=1S/C17H18ClN3O4S/c1-4-24-16(23)13(21-25-5-2)14(22)15-10(3)19-17(26-15)20-12-8-6-11(18)7-9-12/h6-9H,4-5H2,1-3H3,(H,19,20)/b21-13-. The molecule has 0 atom stereocenters. The number of carbonyl (C=O) groups is 2. The molecule has 1 aromatic heterocycles. The van der Waals surface area contributed by atoms with Gasteiger partial charge in [0.2, 0.25) is 11.5 Å². The van der Waals surface area contributed by atoms with Crippen LogP contribution in [-0.2, 0) is 14.4 Å². The number of oxime groups is 1. The number of carbonyl (C=O) groups excluding carboxylic acids is 2. The molecule has 0 aliphatic heterocycles. The minimum Gasteiger partial charge on any atom is -0.461 e. The van der Waals surface area contributed by atoms with E-state index in [1.165, 1.54) is 0 Å². The van der Waals surface area contributed by atoms with E-state index in [1.54, 1.807) is 45.0 Å². The lowest BCUT2D eigenvalue weighted by molar-refractivity contribution is -0.135. The van der Waals surface area contributed by atoms with Crippen LogP contribution < -0.4 is 5.32 Å². The molecule has 1 N–H and O–H groups in total. The van der Waals surface area contributed by atoms with Gasteiger partial charge in [-0.15, -0.1) is 0 Å². The number of Topliss-reactive ketones (excluding diaryl/α,β-unsaturated/α-hetero) is 1. The number of nitrogens with zero attached hydrogens (tertiary/aromatic N) is 2. The summed E-state index contributed by atoms with van der Waals surface area (Å²) >= 11 is 6.98. The van der Waals surface area contributed by atoms with Crippen molar-refractivity contribution in [1.29, 1.82) is 0 Å². The van der Waals surface area contributed by atoms with Gasteiger partial charge < -0.3 is 14.9 Å². The molecule has 0 bridgehead atoms. The lowest BCUT2D eigenvalue weighted by atomic mass is 10.2. The van der Waals surface area contributed by atoms with Gasteiger partial charge in [-0.1, -0.05) is 28.1 Å². The summed E-state index contributed by atoms with van der Waals surface area (Å²) in [6, 6.07) is 7.07. The third kappa shape index (κ3) is 5.03. The Bertz CT molecular complexity index is 818. The van der Waals surface area contributed by atoms with E-state index >= 15 is 0 Å². The van der Waals surface area contributed by atoms with Crippen LogP contribution in [0.25, 0.3) is 0 Å². The zero-order valence-electron chi connectivity index (χ0n) is 14.5. The first kappa shape index (κ1) is 19.9. The molecule has 0 saturated heterocycles. The number of aromatic nitrogens is 1. The molecule has 0 fully saturated rings. The van der Waals surface area contributed by atoms with Gasteiger partial charge in [-0.3, -0.25) is 4.79 Å². The number of aryl methyl sites for hydroxylation is 1. The summed E-state index contributed by atoms with van der Waals surface area (Å²) in [5.74, 6) is -1.41. The predicted molar refractivity (Wildman–Crippen MR) is 102 cm³/mol. The zero-order chi connectivity index (χ0) is 19.1. The molecule has 2 aromatic rings. The summed E-state index contributed by atoms with van der Waals surface area (Å²) in [7, 11) is 0. The van der Waals surface area contributed by atoms with E-state index in [0.717, 1.165) is 17.0 Å². The van der Waals surface area contributed by atoms with Crippen LogP contribution in [0.3, 0.4) is 0 Å². The van der Waals surface area contributed by atoms with Crippen molar-refractivity contribution >= 4 is 51.2 Å². The number of benzene rings is 1. The van der Waals surface area contributed by atoms with Crippen molar-refractivity contribution in [3.05, 3.63) is 39.9 Å². The van der Waals surface area contributed by atoms with Crippen LogP contribution in [0.1, 0.15) is 29.2 Å². The lowest BCUT2D eigenvalue weighted by Crippen LogP contribution is -2.27. The van der Waals surface area contributed by atoms with Crippen LogP contribution in [0.2, 0.25) is 5.02 Å². The minimum atomic E-state index is -0.828. The van der Waals surface area contributed by atoms with Crippen LogP contribution in [0.15, 0.2) is 29.4 Å². The van der Waals surface area contributed by atoms with Gasteiger partial charge in [0.1, 0.15) is 11.5 Å². The maximum absolute atomic E-state index is 12.7. The highest BCUT2D eigenvalue weighted by atomic mass is 35.5. The average molecular weight is 396 g/mol. The van der Waals surface area contributed by atoms with Gasteiger partial charge in [-0.25, -0.2) is 9.78 Å². The maximum atomic E-state index is 12.7. The molecule has 0 amide bonds. The number of hydrogen-bond donors (Lipinski definition) is 1.